The molecular formula is C10H12N4. The van der Waals surface area contributed by atoms with Gasteiger partial charge in [0, 0.05) is 14.1 Å². The minimum atomic E-state index is 0.466. The molecule has 0 bridgehead atoms. The van der Waals surface area contributed by atoms with Gasteiger partial charge in [-0.25, -0.2) is 0 Å². The fourth-order valence-corrected chi connectivity index (χ4v) is 1.43. The molecule has 0 aliphatic carbocycles. The SMILES string of the molecule is C#CCN(C)c1c(C#N)c(C)nn1C. The molecule has 1 aromatic rings. The fourth-order valence-electron chi connectivity index (χ4n) is 1.43. The van der Waals surface area contributed by atoms with E-state index in [0.29, 0.717) is 12.1 Å². The fraction of sp³-hybridized carbons (Fsp3) is 0.400. The van der Waals surface area contributed by atoms with E-state index >= 15 is 0 Å². The zero-order chi connectivity index (χ0) is 10.7. The molecule has 0 saturated heterocycles. The van der Waals surface area contributed by atoms with Crippen LogP contribution in [0.1, 0.15) is 11.3 Å². The lowest BCUT2D eigenvalue weighted by Gasteiger charge is -2.15. The molecule has 0 aromatic carbocycles. The Bertz CT molecular complexity index is 417. The molecule has 0 amide bonds. The maximum atomic E-state index is 8.95. The predicted molar refractivity (Wildman–Crippen MR) is 54.8 cm³/mol. The van der Waals surface area contributed by atoms with Gasteiger partial charge in [0.15, 0.2) is 0 Å². The monoisotopic (exact) mass is 188 g/mol. The van der Waals surface area contributed by atoms with Crippen LogP contribution in [0.25, 0.3) is 0 Å². The Morgan fingerprint density at radius 3 is 2.79 bits per heavy atom. The number of anilines is 1. The van der Waals surface area contributed by atoms with Gasteiger partial charge in [0.05, 0.1) is 12.2 Å². The minimum Gasteiger partial charge on any atom is -0.348 e. The molecule has 1 rings (SSSR count). The van der Waals surface area contributed by atoms with Crippen molar-refractivity contribution >= 4 is 5.82 Å². The maximum absolute atomic E-state index is 8.95. The van der Waals surface area contributed by atoms with Crippen LogP contribution in [0.15, 0.2) is 0 Å². The Morgan fingerprint density at radius 2 is 2.29 bits per heavy atom. The van der Waals surface area contributed by atoms with Gasteiger partial charge < -0.3 is 4.90 Å². The number of hydrogen-bond acceptors (Lipinski definition) is 3. The van der Waals surface area contributed by atoms with Crippen LogP contribution in [0.5, 0.6) is 0 Å². The summed E-state index contributed by atoms with van der Waals surface area (Å²) < 4.78 is 1.67. The molecule has 4 nitrogen and oxygen atoms in total. The number of nitriles is 1. The Hall–Kier alpha value is -1.94. The standard InChI is InChI=1S/C10H12N4/c1-5-6-13(3)10-9(7-11)8(2)12-14(10)4/h1H,6H2,2-4H3. The number of terminal acetylenes is 1. The molecule has 0 fully saturated rings. The van der Waals surface area contributed by atoms with E-state index in [9.17, 15) is 0 Å². The molecule has 0 unspecified atom stereocenters. The summed E-state index contributed by atoms with van der Waals surface area (Å²) in [5, 5.41) is 13.1. The predicted octanol–water partition coefficient (Wildman–Crippen LogP) is 0.670. The van der Waals surface area contributed by atoms with Crippen LogP contribution in [-0.4, -0.2) is 23.4 Å². The second-order valence-electron chi connectivity index (χ2n) is 3.08. The Balaban J connectivity index is 3.21. The third-order valence-electron chi connectivity index (χ3n) is 1.99. The molecule has 4 heteroatoms. The van der Waals surface area contributed by atoms with Crippen molar-refractivity contribution in [3.05, 3.63) is 11.3 Å². The van der Waals surface area contributed by atoms with Gasteiger partial charge in [-0.05, 0) is 6.92 Å². The van der Waals surface area contributed by atoms with Gasteiger partial charge in [-0.2, -0.15) is 10.4 Å². The second-order valence-corrected chi connectivity index (χ2v) is 3.08. The first-order valence-corrected chi connectivity index (χ1v) is 4.20. The van der Waals surface area contributed by atoms with Crippen molar-refractivity contribution in [2.45, 2.75) is 6.92 Å². The van der Waals surface area contributed by atoms with E-state index in [1.807, 2.05) is 18.9 Å². The van der Waals surface area contributed by atoms with Crippen molar-refractivity contribution < 1.29 is 0 Å². The lowest BCUT2D eigenvalue weighted by Crippen LogP contribution is -2.20. The largest absolute Gasteiger partial charge is 0.348 e. The summed E-state index contributed by atoms with van der Waals surface area (Å²) in [6.45, 7) is 2.28. The number of nitrogens with zero attached hydrogens (tertiary/aromatic N) is 4. The second kappa shape index (κ2) is 3.85. The van der Waals surface area contributed by atoms with Crippen molar-refractivity contribution in [1.29, 1.82) is 5.26 Å². The van der Waals surface area contributed by atoms with Gasteiger partial charge in [-0.15, -0.1) is 6.42 Å². The molecule has 1 heterocycles. The van der Waals surface area contributed by atoms with E-state index in [1.165, 1.54) is 0 Å². The Kier molecular flexibility index (Phi) is 2.79. The quantitative estimate of drug-likeness (QED) is 0.641. The third-order valence-corrected chi connectivity index (χ3v) is 1.99. The van der Waals surface area contributed by atoms with Crippen LogP contribution in [0, 0.1) is 30.6 Å². The van der Waals surface area contributed by atoms with E-state index in [1.54, 1.807) is 11.7 Å². The van der Waals surface area contributed by atoms with Crippen molar-refractivity contribution in [2.75, 3.05) is 18.5 Å². The summed E-state index contributed by atoms with van der Waals surface area (Å²) in [6, 6.07) is 2.13. The average Bonchev–Trinajstić information content (AvgIpc) is 2.40. The first-order valence-electron chi connectivity index (χ1n) is 4.20. The van der Waals surface area contributed by atoms with Gasteiger partial charge in [0.2, 0.25) is 0 Å². The van der Waals surface area contributed by atoms with Gasteiger partial charge in [-0.1, -0.05) is 5.92 Å². The highest BCUT2D eigenvalue weighted by Gasteiger charge is 2.15. The van der Waals surface area contributed by atoms with Crippen LogP contribution >= 0.6 is 0 Å². The van der Waals surface area contributed by atoms with Crippen molar-refractivity contribution in [3.63, 3.8) is 0 Å². The lowest BCUT2D eigenvalue weighted by molar-refractivity contribution is 0.740. The number of hydrogen-bond donors (Lipinski definition) is 0. The minimum absolute atomic E-state index is 0.466. The number of aryl methyl sites for hydroxylation is 2. The molecule has 72 valence electrons. The molecular weight excluding hydrogens is 176 g/mol. The van der Waals surface area contributed by atoms with E-state index in [0.717, 1.165) is 11.5 Å². The molecule has 0 saturated carbocycles. The molecule has 0 atom stereocenters. The maximum Gasteiger partial charge on any atom is 0.145 e. The molecule has 0 radical (unpaired) electrons. The van der Waals surface area contributed by atoms with Gasteiger partial charge >= 0.3 is 0 Å². The van der Waals surface area contributed by atoms with Gasteiger partial charge in [0.1, 0.15) is 17.5 Å². The highest BCUT2D eigenvalue weighted by molar-refractivity contribution is 5.56. The van der Waals surface area contributed by atoms with Crippen LogP contribution in [-0.2, 0) is 7.05 Å². The number of aromatic nitrogens is 2. The first kappa shape index (κ1) is 10.1. The molecule has 1 aromatic heterocycles. The summed E-state index contributed by atoms with van der Waals surface area (Å²) in [5.41, 5.74) is 1.32. The zero-order valence-electron chi connectivity index (χ0n) is 8.57. The van der Waals surface area contributed by atoms with Crippen LogP contribution in [0.3, 0.4) is 0 Å². The summed E-state index contributed by atoms with van der Waals surface area (Å²) >= 11 is 0. The molecule has 0 spiro atoms. The van der Waals surface area contributed by atoms with Crippen molar-refractivity contribution in [1.82, 2.24) is 9.78 Å². The van der Waals surface area contributed by atoms with Crippen molar-refractivity contribution in [2.24, 2.45) is 7.05 Å². The lowest BCUT2D eigenvalue weighted by atomic mass is 10.2. The zero-order valence-corrected chi connectivity index (χ0v) is 8.57. The van der Waals surface area contributed by atoms with Crippen molar-refractivity contribution in [3.8, 4) is 18.4 Å². The van der Waals surface area contributed by atoms with E-state index in [-0.39, 0.29) is 0 Å². The summed E-state index contributed by atoms with van der Waals surface area (Å²) in [7, 11) is 3.65. The van der Waals surface area contributed by atoms with E-state index in [4.69, 9.17) is 11.7 Å². The smallest absolute Gasteiger partial charge is 0.145 e. The van der Waals surface area contributed by atoms with Crippen LogP contribution in [0.2, 0.25) is 0 Å². The normalized spacial score (nSPS) is 9.21. The van der Waals surface area contributed by atoms with Crippen LogP contribution in [0.4, 0.5) is 5.82 Å². The summed E-state index contributed by atoms with van der Waals surface area (Å²) in [4.78, 5) is 1.83. The topological polar surface area (TPSA) is 44.9 Å². The Morgan fingerprint density at radius 1 is 1.64 bits per heavy atom. The van der Waals surface area contributed by atoms with Gasteiger partial charge in [-0.3, -0.25) is 4.68 Å². The van der Waals surface area contributed by atoms with Gasteiger partial charge in [0.25, 0.3) is 0 Å². The van der Waals surface area contributed by atoms with E-state index in [2.05, 4.69) is 17.1 Å². The summed E-state index contributed by atoms with van der Waals surface area (Å²) in [5.74, 6) is 3.30. The van der Waals surface area contributed by atoms with Crippen LogP contribution < -0.4 is 4.90 Å². The highest BCUT2D eigenvalue weighted by Crippen LogP contribution is 2.20. The Labute approximate surface area is 83.7 Å². The number of rotatable bonds is 2. The average molecular weight is 188 g/mol. The molecule has 0 aliphatic heterocycles. The molecule has 0 aliphatic rings. The first-order chi connectivity index (χ1) is 6.61. The third kappa shape index (κ3) is 1.55. The molecule has 14 heavy (non-hydrogen) atoms. The van der Waals surface area contributed by atoms with E-state index < -0.39 is 0 Å². The highest BCUT2D eigenvalue weighted by atomic mass is 15.4. The summed E-state index contributed by atoms with van der Waals surface area (Å²) in [6.07, 6.45) is 5.21. The molecule has 0 N–H and O–H groups in total.